The van der Waals surface area contributed by atoms with Crippen LogP contribution in [0.2, 0.25) is 0 Å². The minimum atomic E-state index is -0.289. The molecule has 0 saturated carbocycles. The van der Waals surface area contributed by atoms with Gasteiger partial charge in [0, 0.05) is 18.6 Å². The third-order valence-electron chi connectivity index (χ3n) is 6.81. The van der Waals surface area contributed by atoms with Gasteiger partial charge in [-0.2, -0.15) is 0 Å². The quantitative estimate of drug-likeness (QED) is 0.0912. The maximum absolute atomic E-state index is 6.27. The Morgan fingerprint density at radius 1 is 0.614 bits per heavy atom. The molecule has 3 aromatic rings. The molecule has 0 fully saturated rings. The molecule has 0 heterocycles. The first-order chi connectivity index (χ1) is 21.5. The van der Waals surface area contributed by atoms with Crippen molar-refractivity contribution in [2.24, 2.45) is 0 Å². The second-order valence-electron chi connectivity index (χ2n) is 10.6. The van der Waals surface area contributed by atoms with Crippen LogP contribution >= 0.6 is 0 Å². The van der Waals surface area contributed by atoms with E-state index in [9.17, 15) is 0 Å². The molecular weight excluding hydrogens is 552 g/mol. The number of hydrogen-bond acceptors (Lipinski definition) is 6. The highest BCUT2D eigenvalue weighted by Gasteiger charge is 2.18. The fourth-order valence-electron chi connectivity index (χ4n) is 4.31. The first-order valence-electron chi connectivity index (χ1n) is 15.4. The van der Waals surface area contributed by atoms with Crippen molar-refractivity contribution in [3.05, 3.63) is 127 Å². The Labute approximate surface area is 265 Å². The van der Waals surface area contributed by atoms with Gasteiger partial charge < -0.3 is 28.4 Å². The van der Waals surface area contributed by atoms with E-state index in [1.165, 1.54) is 11.1 Å². The minimum Gasteiger partial charge on any atom is -0.490 e. The molecule has 0 N–H and O–H groups in total. The summed E-state index contributed by atoms with van der Waals surface area (Å²) in [5.74, 6) is 1.69. The molecule has 3 aromatic carbocycles. The zero-order chi connectivity index (χ0) is 31.8. The molecule has 0 aliphatic heterocycles. The van der Waals surface area contributed by atoms with Gasteiger partial charge >= 0.3 is 0 Å². The third-order valence-corrected chi connectivity index (χ3v) is 6.81. The van der Waals surface area contributed by atoms with E-state index in [0.29, 0.717) is 58.8 Å². The Balaban J connectivity index is 0.000000639. The smallest absolute Gasteiger partial charge is 0.123 e. The van der Waals surface area contributed by atoms with E-state index in [4.69, 9.17) is 28.4 Å². The summed E-state index contributed by atoms with van der Waals surface area (Å²) in [6.45, 7) is 17.3. The average Bonchev–Trinajstić information content (AvgIpc) is 3.06. The number of hydrogen-bond donors (Lipinski definition) is 0. The molecule has 0 saturated heterocycles. The molecule has 0 aromatic heterocycles. The molecular formula is C38H52O6. The van der Waals surface area contributed by atoms with E-state index in [1.54, 1.807) is 19.3 Å². The van der Waals surface area contributed by atoms with E-state index < -0.39 is 0 Å². The van der Waals surface area contributed by atoms with Crippen LogP contribution in [0.1, 0.15) is 49.3 Å². The van der Waals surface area contributed by atoms with Gasteiger partial charge in [0.2, 0.25) is 0 Å². The van der Waals surface area contributed by atoms with Crippen molar-refractivity contribution in [3.63, 3.8) is 0 Å². The summed E-state index contributed by atoms with van der Waals surface area (Å²) in [6, 6.07) is 29.0. The molecule has 0 amide bonds. The topological polar surface area (TPSA) is 55.4 Å². The van der Waals surface area contributed by atoms with Crippen LogP contribution in [-0.2, 0) is 23.7 Å². The summed E-state index contributed by atoms with van der Waals surface area (Å²) in [5, 5.41) is 0. The Kier molecular flexibility index (Phi) is 19.4. The second-order valence-corrected chi connectivity index (χ2v) is 10.6. The van der Waals surface area contributed by atoms with E-state index in [-0.39, 0.29) is 18.1 Å². The van der Waals surface area contributed by atoms with Crippen LogP contribution in [0.4, 0.5) is 0 Å². The highest BCUT2D eigenvalue weighted by molar-refractivity contribution is 5.41. The van der Waals surface area contributed by atoms with Gasteiger partial charge in [0.25, 0.3) is 0 Å². The standard InChI is InChI=1S/C29H40O6.C9H12/c1-5-16-31-20-26(33-19-18-30-4)22-34-27(21-32-17-6-2)23-35-29-15-11-10-14-28(29)24(3)25-12-8-7-9-13-25;1-8(2)9-6-4-3-5-7-9/h5-15,24,26-27H,1-2,16-23H2,3-4H3;3-8H,1-2H3. The molecule has 240 valence electrons. The number of rotatable bonds is 21. The molecule has 0 aliphatic rings. The molecule has 3 rings (SSSR count). The third kappa shape index (κ3) is 15.0. The van der Waals surface area contributed by atoms with E-state index in [2.05, 4.69) is 88.5 Å². The molecule has 0 radical (unpaired) electrons. The van der Waals surface area contributed by atoms with Crippen LogP contribution in [-0.4, -0.2) is 72.2 Å². The lowest BCUT2D eigenvalue weighted by Crippen LogP contribution is -2.34. The number of para-hydroxylation sites is 1. The molecule has 0 bridgehead atoms. The summed E-state index contributed by atoms with van der Waals surface area (Å²) in [5.41, 5.74) is 3.78. The van der Waals surface area contributed by atoms with Crippen molar-refractivity contribution in [1.82, 2.24) is 0 Å². The fraction of sp³-hybridized carbons (Fsp3) is 0.421. The summed E-state index contributed by atoms with van der Waals surface area (Å²) >= 11 is 0. The van der Waals surface area contributed by atoms with Crippen molar-refractivity contribution >= 4 is 0 Å². The maximum atomic E-state index is 6.27. The normalized spacial score (nSPS) is 12.9. The average molecular weight is 605 g/mol. The highest BCUT2D eigenvalue weighted by atomic mass is 16.6. The Hall–Kier alpha value is -3.26. The van der Waals surface area contributed by atoms with Gasteiger partial charge in [-0.05, 0) is 23.1 Å². The van der Waals surface area contributed by atoms with Gasteiger partial charge in [0.15, 0.2) is 0 Å². The van der Waals surface area contributed by atoms with Gasteiger partial charge in [-0.25, -0.2) is 0 Å². The first-order valence-corrected chi connectivity index (χ1v) is 15.4. The molecule has 6 nitrogen and oxygen atoms in total. The zero-order valence-corrected chi connectivity index (χ0v) is 27.1. The van der Waals surface area contributed by atoms with Gasteiger partial charge in [-0.15, -0.1) is 13.2 Å². The SMILES string of the molecule is C=CCOCC(COc1ccccc1C(C)c1ccccc1)OCC(COCC=C)OCCOC.CC(C)c1ccccc1. The molecule has 0 spiro atoms. The number of methoxy groups -OCH3 is 1. The summed E-state index contributed by atoms with van der Waals surface area (Å²) in [6.07, 6.45) is 2.90. The summed E-state index contributed by atoms with van der Waals surface area (Å²) in [4.78, 5) is 0. The summed E-state index contributed by atoms with van der Waals surface area (Å²) in [7, 11) is 1.64. The van der Waals surface area contributed by atoms with Gasteiger partial charge in [-0.3, -0.25) is 0 Å². The van der Waals surface area contributed by atoms with Crippen molar-refractivity contribution in [2.45, 2.75) is 44.8 Å². The van der Waals surface area contributed by atoms with Crippen molar-refractivity contribution in [1.29, 1.82) is 0 Å². The lowest BCUT2D eigenvalue weighted by Gasteiger charge is -2.24. The lowest BCUT2D eigenvalue weighted by molar-refractivity contribution is -0.101. The molecule has 0 aliphatic carbocycles. The van der Waals surface area contributed by atoms with E-state index >= 15 is 0 Å². The Bertz CT molecular complexity index is 1130. The highest BCUT2D eigenvalue weighted by Crippen LogP contribution is 2.31. The first kappa shape index (κ1) is 36.9. The van der Waals surface area contributed by atoms with Gasteiger partial charge in [0.05, 0.1) is 46.2 Å². The maximum Gasteiger partial charge on any atom is 0.123 e. The minimum absolute atomic E-state index is 0.198. The Morgan fingerprint density at radius 2 is 1.16 bits per heavy atom. The van der Waals surface area contributed by atoms with Crippen molar-refractivity contribution in [3.8, 4) is 5.75 Å². The molecule has 6 heteroatoms. The fourth-order valence-corrected chi connectivity index (χ4v) is 4.31. The van der Waals surface area contributed by atoms with Crippen LogP contribution in [0.15, 0.2) is 110 Å². The Morgan fingerprint density at radius 3 is 1.70 bits per heavy atom. The second kappa shape index (κ2) is 23.2. The van der Waals surface area contributed by atoms with Gasteiger partial charge in [-0.1, -0.05) is 112 Å². The lowest BCUT2D eigenvalue weighted by atomic mass is 9.92. The van der Waals surface area contributed by atoms with Crippen LogP contribution in [0.5, 0.6) is 5.75 Å². The number of ether oxygens (including phenoxy) is 6. The van der Waals surface area contributed by atoms with Crippen LogP contribution in [0.3, 0.4) is 0 Å². The monoisotopic (exact) mass is 604 g/mol. The van der Waals surface area contributed by atoms with Crippen LogP contribution in [0.25, 0.3) is 0 Å². The largest absolute Gasteiger partial charge is 0.490 e. The summed E-state index contributed by atoms with van der Waals surface area (Å²) < 4.78 is 34.6. The van der Waals surface area contributed by atoms with Crippen molar-refractivity contribution < 1.29 is 28.4 Å². The van der Waals surface area contributed by atoms with Gasteiger partial charge in [0.1, 0.15) is 24.6 Å². The predicted molar refractivity (Wildman–Crippen MR) is 180 cm³/mol. The van der Waals surface area contributed by atoms with E-state index in [1.807, 2.05) is 30.3 Å². The van der Waals surface area contributed by atoms with Crippen molar-refractivity contribution in [2.75, 3.05) is 60.0 Å². The van der Waals surface area contributed by atoms with Crippen LogP contribution in [0, 0.1) is 0 Å². The van der Waals surface area contributed by atoms with Crippen LogP contribution < -0.4 is 4.74 Å². The molecule has 3 unspecified atom stereocenters. The molecule has 3 atom stereocenters. The molecule has 44 heavy (non-hydrogen) atoms. The van der Waals surface area contributed by atoms with E-state index in [0.717, 1.165) is 11.3 Å². The zero-order valence-electron chi connectivity index (χ0n) is 27.1. The predicted octanol–water partition coefficient (Wildman–Crippen LogP) is 7.85. The number of benzene rings is 3.